The van der Waals surface area contributed by atoms with Crippen molar-refractivity contribution >= 4 is 0 Å². The molecule has 2 rings (SSSR count). The number of ether oxygens (including phenoxy) is 4. The first-order valence-corrected chi connectivity index (χ1v) is 7.30. The predicted octanol–water partition coefficient (Wildman–Crippen LogP) is 2.16. The Labute approximate surface area is 126 Å². The van der Waals surface area contributed by atoms with Crippen molar-refractivity contribution in [2.45, 2.75) is 38.5 Å². The fraction of sp³-hybridized carbons (Fsp3) is 0.625. The summed E-state index contributed by atoms with van der Waals surface area (Å²) < 4.78 is 22.5. The molecule has 0 spiro atoms. The van der Waals surface area contributed by atoms with E-state index >= 15 is 0 Å². The number of aryl methyl sites for hydroxylation is 1. The lowest BCUT2D eigenvalue weighted by Gasteiger charge is -2.43. The van der Waals surface area contributed by atoms with E-state index in [4.69, 9.17) is 18.9 Å². The molecule has 0 amide bonds. The lowest BCUT2D eigenvalue weighted by molar-refractivity contribution is -0.0895. The van der Waals surface area contributed by atoms with Gasteiger partial charge in [0.1, 0.15) is 12.2 Å². The number of likely N-dealkylation sites (N-methyl/N-ethyl adjacent to an activating group) is 1. The van der Waals surface area contributed by atoms with Gasteiger partial charge in [-0.3, -0.25) is 0 Å². The van der Waals surface area contributed by atoms with E-state index in [2.05, 4.69) is 12.2 Å². The van der Waals surface area contributed by atoms with Crippen LogP contribution in [0.25, 0.3) is 0 Å². The van der Waals surface area contributed by atoms with Crippen molar-refractivity contribution in [3.63, 3.8) is 0 Å². The van der Waals surface area contributed by atoms with E-state index in [0.29, 0.717) is 23.3 Å². The van der Waals surface area contributed by atoms with E-state index in [9.17, 15) is 0 Å². The lowest BCUT2D eigenvalue weighted by Crippen LogP contribution is -2.60. The zero-order chi connectivity index (χ0) is 15.4. The molecule has 118 valence electrons. The van der Waals surface area contributed by atoms with Gasteiger partial charge in [0.2, 0.25) is 5.75 Å². The Hall–Kier alpha value is -1.46. The Balaban J connectivity index is 2.16. The molecule has 5 heteroatoms. The average Bonchev–Trinajstić information content (AvgIpc) is 2.46. The molecular formula is C16H25NO4. The van der Waals surface area contributed by atoms with Gasteiger partial charge < -0.3 is 24.3 Å². The average molecular weight is 295 g/mol. The molecular weight excluding hydrogens is 270 g/mol. The molecule has 1 aromatic rings. The van der Waals surface area contributed by atoms with E-state index in [0.717, 1.165) is 18.5 Å². The lowest BCUT2D eigenvalue weighted by atomic mass is 9.85. The Kier molecular flexibility index (Phi) is 5.31. The van der Waals surface area contributed by atoms with Gasteiger partial charge in [0.15, 0.2) is 11.5 Å². The highest BCUT2D eigenvalue weighted by molar-refractivity contribution is 5.53. The number of nitrogens with one attached hydrogen (secondary N) is 1. The molecule has 21 heavy (non-hydrogen) atoms. The fourth-order valence-corrected chi connectivity index (χ4v) is 2.75. The predicted molar refractivity (Wildman–Crippen MR) is 81.6 cm³/mol. The first-order valence-electron chi connectivity index (χ1n) is 7.30. The summed E-state index contributed by atoms with van der Waals surface area (Å²) in [5, 5.41) is 3.40. The van der Waals surface area contributed by atoms with E-state index in [1.54, 1.807) is 21.3 Å². The maximum Gasteiger partial charge on any atom is 0.203 e. The maximum atomic E-state index is 6.11. The molecule has 1 fully saturated rings. The summed E-state index contributed by atoms with van der Waals surface area (Å²) in [6.07, 6.45) is 0.956. The van der Waals surface area contributed by atoms with Crippen LogP contribution in [0.2, 0.25) is 0 Å². The topological polar surface area (TPSA) is 49.0 Å². The zero-order valence-corrected chi connectivity index (χ0v) is 13.4. The molecule has 1 aliphatic carbocycles. The molecule has 1 aliphatic rings. The molecule has 1 aromatic carbocycles. The minimum Gasteiger partial charge on any atom is -0.493 e. The zero-order valence-electron chi connectivity index (χ0n) is 13.4. The number of rotatable bonds is 7. The number of hydrogen-bond acceptors (Lipinski definition) is 5. The fourth-order valence-electron chi connectivity index (χ4n) is 2.75. The van der Waals surface area contributed by atoms with Crippen LogP contribution in [0.15, 0.2) is 12.1 Å². The Morgan fingerprint density at radius 3 is 2.24 bits per heavy atom. The highest BCUT2D eigenvalue weighted by Gasteiger charge is 2.43. The van der Waals surface area contributed by atoms with Gasteiger partial charge in [0.25, 0.3) is 0 Å². The van der Waals surface area contributed by atoms with Crippen molar-refractivity contribution in [1.29, 1.82) is 0 Å². The summed E-state index contributed by atoms with van der Waals surface area (Å²) in [5.41, 5.74) is 1.07. The number of benzene rings is 1. The van der Waals surface area contributed by atoms with Crippen LogP contribution in [0, 0.1) is 6.92 Å². The second-order valence-electron chi connectivity index (χ2n) is 5.26. The Morgan fingerprint density at radius 2 is 1.76 bits per heavy atom. The first-order chi connectivity index (χ1) is 10.1. The molecule has 3 unspecified atom stereocenters. The van der Waals surface area contributed by atoms with Gasteiger partial charge >= 0.3 is 0 Å². The summed E-state index contributed by atoms with van der Waals surface area (Å²) in [6.45, 7) is 5.01. The molecule has 5 nitrogen and oxygen atoms in total. The van der Waals surface area contributed by atoms with Crippen molar-refractivity contribution in [3.05, 3.63) is 17.7 Å². The van der Waals surface area contributed by atoms with Crippen molar-refractivity contribution in [2.24, 2.45) is 0 Å². The summed E-state index contributed by atoms with van der Waals surface area (Å²) in [4.78, 5) is 0. The van der Waals surface area contributed by atoms with Crippen LogP contribution in [-0.4, -0.2) is 46.1 Å². The van der Waals surface area contributed by atoms with E-state index in [1.807, 2.05) is 19.1 Å². The quantitative estimate of drug-likeness (QED) is 0.835. The van der Waals surface area contributed by atoms with Crippen molar-refractivity contribution in [2.75, 3.05) is 27.9 Å². The molecule has 3 atom stereocenters. The maximum absolute atomic E-state index is 6.11. The SMILES string of the molecule is CCNC1CC(Oc2c(OC)cc(C)cc2OC)C1OC. The van der Waals surface area contributed by atoms with Gasteiger partial charge in [-0.15, -0.1) is 0 Å². The highest BCUT2D eigenvalue weighted by Crippen LogP contribution is 2.41. The molecule has 1 N–H and O–H groups in total. The van der Waals surface area contributed by atoms with Crippen LogP contribution in [-0.2, 0) is 4.74 Å². The third-order valence-corrected chi connectivity index (χ3v) is 3.86. The van der Waals surface area contributed by atoms with Crippen LogP contribution in [0.4, 0.5) is 0 Å². The van der Waals surface area contributed by atoms with Crippen LogP contribution in [0.1, 0.15) is 18.9 Å². The van der Waals surface area contributed by atoms with Crippen molar-refractivity contribution in [3.8, 4) is 17.2 Å². The molecule has 0 aromatic heterocycles. The van der Waals surface area contributed by atoms with Gasteiger partial charge in [-0.05, 0) is 31.2 Å². The summed E-state index contributed by atoms with van der Waals surface area (Å²) in [7, 11) is 4.99. The smallest absolute Gasteiger partial charge is 0.203 e. The van der Waals surface area contributed by atoms with Crippen LogP contribution < -0.4 is 19.5 Å². The molecule has 0 aliphatic heterocycles. The van der Waals surface area contributed by atoms with E-state index in [1.165, 1.54) is 0 Å². The van der Waals surface area contributed by atoms with Gasteiger partial charge in [0.05, 0.1) is 14.2 Å². The van der Waals surface area contributed by atoms with E-state index < -0.39 is 0 Å². The Bertz CT molecular complexity index is 452. The molecule has 0 heterocycles. The Morgan fingerprint density at radius 1 is 1.14 bits per heavy atom. The van der Waals surface area contributed by atoms with Crippen LogP contribution >= 0.6 is 0 Å². The normalized spacial score (nSPS) is 24.3. The first kappa shape index (κ1) is 15.9. The highest BCUT2D eigenvalue weighted by atomic mass is 16.6. The molecule has 0 bridgehead atoms. The monoisotopic (exact) mass is 295 g/mol. The second-order valence-corrected chi connectivity index (χ2v) is 5.26. The van der Waals surface area contributed by atoms with Gasteiger partial charge in [0, 0.05) is 19.6 Å². The van der Waals surface area contributed by atoms with Gasteiger partial charge in [-0.2, -0.15) is 0 Å². The van der Waals surface area contributed by atoms with Crippen LogP contribution in [0.5, 0.6) is 17.2 Å². The van der Waals surface area contributed by atoms with Crippen molar-refractivity contribution in [1.82, 2.24) is 5.32 Å². The largest absolute Gasteiger partial charge is 0.493 e. The number of methoxy groups -OCH3 is 3. The van der Waals surface area contributed by atoms with Gasteiger partial charge in [-0.25, -0.2) is 0 Å². The van der Waals surface area contributed by atoms with Crippen molar-refractivity contribution < 1.29 is 18.9 Å². The molecule has 1 saturated carbocycles. The summed E-state index contributed by atoms with van der Waals surface area (Å²) in [6, 6.07) is 4.23. The van der Waals surface area contributed by atoms with E-state index in [-0.39, 0.29) is 12.2 Å². The third kappa shape index (κ3) is 3.24. The molecule has 0 saturated heterocycles. The minimum atomic E-state index is 0.00422. The molecule has 0 radical (unpaired) electrons. The number of hydrogen-bond donors (Lipinski definition) is 1. The second kappa shape index (κ2) is 7.00. The minimum absolute atomic E-state index is 0.00422. The summed E-state index contributed by atoms with van der Waals surface area (Å²) in [5.74, 6) is 2.02. The third-order valence-electron chi connectivity index (χ3n) is 3.86. The summed E-state index contributed by atoms with van der Waals surface area (Å²) >= 11 is 0. The van der Waals surface area contributed by atoms with Gasteiger partial charge in [-0.1, -0.05) is 6.92 Å². The van der Waals surface area contributed by atoms with Crippen LogP contribution in [0.3, 0.4) is 0 Å². The standard InChI is InChI=1S/C16H25NO4/c1-6-17-11-9-14(15(11)20-5)21-16-12(18-3)7-10(2)8-13(16)19-4/h7-8,11,14-15,17H,6,9H2,1-5H3.